The van der Waals surface area contributed by atoms with Gasteiger partial charge < -0.3 is 15.0 Å². The Bertz CT molecular complexity index is 921. The zero-order valence-corrected chi connectivity index (χ0v) is 16.3. The van der Waals surface area contributed by atoms with Gasteiger partial charge in [0, 0.05) is 49.4 Å². The summed E-state index contributed by atoms with van der Waals surface area (Å²) < 4.78 is 5.73. The van der Waals surface area contributed by atoms with Gasteiger partial charge in [0.1, 0.15) is 18.2 Å². The third kappa shape index (κ3) is 5.10. The first-order valence-electron chi connectivity index (χ1n) is 9.88. The normalized spacial score (nSPS) is 13.3. The monoisotopic (exact) mass is 388 g/mol. The van der Waals surface area contributed by atoms with Crippen LogP contribution in [0.1, 0.15) is 34.3 Å². The predicted octanol–water partition coefficient (Wildman–Crippen LogP) is 3.59. The van der Waals surface area contributed by atoms with Gasteiger partial charge >= 0.3 is 0 Å². The summed E-state index contributed by atoms with van der Waals surface area (Å²) in [5.41, 5.74) is 2.58. The SMILES string of the molecule is O=C(NCc1ccc(N2CCCC2)nc1)c1ccc(OCc2cccnc2)cc1. The van der Waals surface area contributed by atoms with Gasteiger partial charge in [0.25, 0.3) is 5.91 Å². The maximum absolute atomic E-state index is 12.4. The third-order valence-corrected chi connectivity index (χ3v) is 4.94. The van der Waals surface area contributed by atoms with Crippen molar-refractivity contribution in [2.45, 2.75) is 26.0 Å². The lowest BCUT2D eigenvalue weighted by Crippen LogP contribution is -2.23. The standard InChI is InChI=1S/C23H24N4O2/c28-23(26-16-18-5-10-22(25-15-18)27-12-1-2-13-27)20-6-8-21(9-7-20)29-17-19-4-3-11-24-14-19/h3-11,14-15H,1-2,12-13,16-17H2,(H,26,28). The van der Waals surface area contributed by atoms with E-state index in [1.165, 1.54) is 12.8 Å². The fourth-order valence-corrected chi connectivity index (χ4v) is 3.29. The first-order chi connectivity index (χ1) is 14.3. The van der Waals surface area contributed by atoms with Crippen molar-refractivity contribution >= 4 is 11.7 Å². The van der Waals surface area contributed by atoms with Crippen molar-refractivity contribution in [2.75, 3.05) is 18.0 Å². The molecular formula is C23H24N4O2. The first kappa shape index (κ1) is 18.9. The maximum Gasteiger partial charge on any atom is 0.251 e. The van der Waals surface area contributed by atoms with Gasteiger partial charge in [-0.2, -0.15) is 0 Å². The number of aromatic nitrogens is 2. The molecule has 6 heteroatoms. The second-order valence-electron chi connectivity index (χ2n) is 7.08. The summed E-state index contributed by atoms with van der Waals surface area (Å²) >= 11 is 0. The lowest BCUT2D eigenvalue weighted by Gasteiger charge is -2.16. The van der Waals surface area contributed by atoms with E-state index in [9.17, 15) is 4.79 Å². The lowest BCUT2D eigenvalue weighted by atomic mass is 10.2. The molecule has 4 rings (SSSR count). The molecule has 0 atom stereocenters. The number of ether oxygens (including phenoxy) is 1. The average Bonchev–Trinajstić information content (AvgIpc) is 3.32. The molecule has 1 aromatic carbocycles. The molecule has 0 aliphatic carbocycles. The highest BCUT2D eigenvalue weighted by atomic mass is 16.5. The minimum absolute atomic E-state index is 0.118. The summed E-state index contributed by atoms with van der Waals surface area (Å²) in [5.74, 6) is 1.61. The summed E-state index contributed by atoms with van der Waals surface area (Å²) in [5, 5.41) is 2.94. The first-order valence-corrected chi connectivity index (χ1v) is 9.88. The number of carbonyl (C=O) groups is 1. The second kappa shape index (κ2) is 9.19. The second-order valence-corrected chi connectivity index (χ2v) is 7.08. The van der Waals surface area contributed by atoms with Crippen LogP contribution in [0, 0.1) is 0 Å². The number of nitrogens with one attached hydrogen (secondary N) is 1. The highest BCUT2D eigenvalue weighted by molar-refractivity contribution is 5.94. The molecule has 29 heavy (non-hydrogen) atoms. The van der Waals surface area contributed by atoms with Crippen molar-refractivity contribution in [3.05, 3.63) is 83.8 Å². The van der Waals surface area contributed by atoms with Crippen molar-refractivity contribution < 1.29 is 9.53 Å². The van der Waals surface area contributed by atoms with Crippen LogP contribution in [0.2, 0.25) is 0 Å². The molecule has 6 nitrogen and oxygen atoms in total. The van der Waals surface area contributed by atoms with Crippen molar-refractivity contribution in [2.24, 2.45) is 0 Å². The van der Waals surface area contributed by atoms with Crippen molar-refractivity contribution in [1.29, 1.82) is 0 Å². The van der Waals surface area contributed by atoms with Gasteiger partial charge in [-0.3, -0.25) is 9.78 Å². The van der Waals surface area contributed by atoms with Crippen LogP contribution in [0.5, 0.6) is 5.75 Å². The number of benzene rings is 1. The van der Waals surface area contributed by atoms with E-state index < -0.39 is 0 Å². The number of carbonyl (C=O) groups excluding carboxylic acids is 1. The minimum Gasteiger partial charge on any atom is -0.489 e. The molecule has 3 heterocycles. The van der Waals surface area contributed by atoms with Gasteiger partial charge in [0.2, 0.25) is 0 Å². The molecule has 0 spiro atoms. The lowest BCUT2D eigenvalue weighted by molar-refractivity contribution is 0.0951. The van der Waals surface area contributed by atoms with Crippen LogP contribution in [-0.2, 0) is 13.2 Å². The van der Waals surface area contributed by atoms with Crippen molar-refractivity contribution in [3.8, 4) is 5.75 Å². The van der Waals surface area contributed by atoms with Crippen LogP contribution in [0.15, 0.2) is 67.1 Å². The number of hydrogen-bond donors (Lipinski definition) is 1. The molecule has 1 saturated heterocycles. The van der Waals surface area contributed by atoms with E-state index in [0.29, 0.717) is 24.5 Å². The van der Waals surface area contributed by atoms with Crippen LogP contribution < -0.4 is 15.0 Å². The Hall–Kier alpha value is -3.41. The van der Waals surface area contributed by atoms with Crippen molar-refractivity contribution in [1.82, 2.24) is 15.3 Å². The van der Waals surface area contributed by atoms with E-state index in [0.717, 1.165) is 30.0 Å². The molecule has 1 aliphatic rings. The number of anilines is 1. The summed E-state index contributed by atoms with van der Waals surface area (Å²) in [6.45, 7) is 3.04. The summed E-state index contributed by atoms with van der Waals surface area (Å²) in [7, 11) is 0. The molecule has 1 N–H and O–H groups in total. The predicted molar refractivity (Wildman–Crippen MR) is 112 cm³/mol. The molecule has 1 amide bonds. The minimum atomic E-state index is -0.118. The van der Waals surface area contributed by atoms with Crippen LogP contribution in [0.25, 0.3) is 0 Å². The number of hydrogen-bond acceptors (Lipinski definition) is 5. The van der Waals surface area contributed by atoms with E-state index in [1.54, 1.807) is 36.7 Å². The third-order valence-electron chi connectivity index (χ3n) is 4.94. The van der Waals surface area contributed by atoms with Crippen LogP contribution in [-0.4, -0.2) is 29.0 Å². The van der Waals surface area contributed by atoms with E-state index >= 15 is 0 Å². The van der Waals surface area contributed by atoms with Gasteiger partial charge in [-0.05, 0) is 54.8 Å². The highest BCUT2D eigenvalue weighted by Crippen LogP contribution is 2.18. The molecular weight excluding hydrogens is 364 g/mol. The Kier molecular flexibility index (Phi) is 6.00. The summed E-state index contributed by atoms with van der Waals surface area (Å²) in [6.07, 6.45) is 7.80. The fraction of sp³-hybridized carbons (Fsp3) is 0.261. The van der Waals surface area contributed by atoms with E-state index in [4.69, 9.17) is 4.74 Å². The van der Waals surface area contributed by atoms with Crippen LogP contribution in [0.4, 0.5) is 5.82 Å². The Labute approximate surface area is 170 Å². The Morgan fingerprint density at radius 1 is 1.00 bits per heavy atom. The van der Waals surface area contributed by atoms with Gasteiger partial charge in [0.05, 0.1) is 0 Å². The van der Waals surface area contributed by atoms with Gasteiger partial charge in [-0.25, -0.2) is 4.98 Å². The zero-order chi connectivity index (χ0) is 19.9. The van der Waals surface area contributed by atoms with E-state index in [2.05, 4.69) is 20.2 Å². The molecule has 1 fully saturated rings. The van der Waals surface area contributed by atoms with E-state index in [1.807, 2.05) is 30.5 Å². The topological polar surface area (TPSA) is 67.4 Å². The molecule has 3 aromatic rings. The average molecular weight is 388 g/mol. The molecule has 0 bridgehead atoms. The molecule has 2 aromatic heterocycles. The quantitative estimate of drug-likeness (QED) is 0.670. The summed E-state index contributed by atoms with van der Waals surface area (Å²) in [4.78, 5) is 23.3. The molecule has 148 valence electrons. The van der Waals surface area contributed by atoms with Crippen LogP contribution in [0.3, 0.4) is 0 Å². The summed E-state index contributed by atoms with van der Waals surface area (Å²) in [6, 6.07) is 15.0. The fourth-order valence-electron chi connectivity index (χ4n) is 3.29. The highest BCUT2D eigenvalue weighted by Gasteiger charge is 2.13. The molecule has 0 radical (unpaired) electrons. The zero-order valence-electron chi connectivity index (χ0n) is 16.3. The Balaban J connectivity index is 1.27. The molecule has 1 aliphatic heterocycles. The van der Waals surface area contributed by atoms with Crippen molar-refractivity contribution in [3.63, 3.8) is 0 Å². The number of amides is 1. The maximum atomic E-state index is 12.4. The molecule has 0 saturated carbocycles. The van der Waals surface area contributed by atoms with Gasteiger partial charge in [0.15, 0.2) is 0 Å². The van der Waals surface area contributed by atoms with E-state index in [-0.39, 0.29) is 5.91 Å². The number of nitrogens with zero attached hydrogens (tertiary/aromatic N) is 3. The molecule has 0 unspecified atom stereocenters. The smallest absolute Gasteiger partial charge is 0.251 e. The van der Waals surface area contributed by atoms with Gasteiger partial charge in [-0.15, -0.1) is 0 Å². The number of pyridine rings is 2. The largest absolute Gasteiger partial charge is 0.489 e. The Morgan fingerprint density at radius 3 is 2.52 bits per heavy atom. The van der Waals surface area contributed by atoms with Crippen LogP contribution >= 0.6 is 0 Å². The Morgan fingerprint density at radius 2 is 1.83 bits per heavy atom. The van der Waals surface area contributed by atoms with Gasteiger partial charge in [-0.1, -0.05) is 12.1 Å². The number of rotatable bonds is 7.